The molecule has 148 valence electrons. The fraction of sp³-hybridized carbons (Fsp3) is 0.125. The molecule has 2 rings (SSSR count). The van der Waals surface area contributed by atoms with E-state index in [1.165, 1.54) is 20.3 Å². The van der Waals surface area contributed by atoms with Gasteiger partial charge in [-0.1, -0.05) is 0 Å². The van der Waals surface area contributed by atoms with Crippen LogP contribution in [-0.2, 0) is 0 Å². The number of nitrogens with zero attached hydrogens (tertiary/aromatic N) is 2. The van der Waals surface area contributed by atoms with E-state index in [1.54, 1.807) is 0 Å². The molecule has 12 nitrogen and oxygen atoms in total. The summed E-state index contributed by atoms with van der Waals surface area (Å²) in [7, 11) is 2.68. The van der Waals surface area contributed by atoms with E-state index >= 15 is 0 Å². The van der Waals surface area contributed by atoms with Gasteiger partial charge in [-0.25, -0.2) is 0 Å². The molecule has 0 saturated heterocycles. The largest absolute Gasteiger partial charge is 0.507 e. The lowest BCUT2D eigenvalue weighted by Gasteiger charge is -2.06. The monoisotopic (exact) mass is 394 g/mol. The third-order valence-electron chi connectivity index (χ3n) is 3.30. The SMILES string of the molecule is COc1cc(OC)c([N+](=O)[O-])cc1C=O.O=Cc1cc([N+](=O)[O-])c(O)cc1O. The van der Waals surface area contributed by atoms with E-state index in [-0.39, 0.29) is 34.6 Å². The van der Waals surface area contributed by atoms with E-state index in [1.807, 2.05) is 0 Å². The number of phenolic OH excluding ortho intramolecular Hbond substituents is 2. The second-order valence-corrected chi connectivity index (χ2v) is 4.92. The summed E-state index contributed by atoms with van der Waals surface area (Å²) in [6.07, 6.45) is 0.757. The number of phenols is 2. The first-order valence-electron chi connectivity index (χ1n) is 7.21. The van der Waals surface area contributed by atoms with Gasteiger partial charge in [0, 0.05) is 24.3 Å². The molecule has 2 aromatic rings. The van der Waals surface area contributed by atoms with Crippen LogP contribution in [0.4, 0.5) is 11.4 Å². The topological polar surface area (TPSA) is 179 Å². The molecule has 0 atom stereocenters. The summed E-state index contributed by atoms with van der Waals surface area (Å²) >= 11 is 0. The molecule has 0 fully saturated rings. The Kier molecular flexibility index (Phi) is 7.38. The summed E-state index contributed by atoms with van der Waals surface area (Å²) in [6.45, 7) is 0. The van der Waals surface area contributed by atoms with Crippen LogP contribution in [0.25, 0.3) is 0 Å². The molecule has 0 heterocycles. The predicted molar refractivity (Wildman–Crippen MR) is 93.4 cm³/mol. The van der Waals surface area contributed by atoms with Crippen molar-refractivity contribution in [3.8, 4) is 23.0 Å². The van der Waals surface area contributed by atoms with Crippen LogP contribution in [0.5, 0.6) is 23.0 Å². The zero-order valence-corrected chi connectivity index (χ0v) is 14.5. The number of nitro groups is 2. The summed E-state index contributed by atoms with van der Waals surface area (Å²) in [5, 5.41) is 38.8. The number of hydrogen-bond donors (Lipinski definition) is 2. The molecule has 0 amide bonds. The zero-order valence-electron chi connectivity index (χ0n) is 14.5. The Morgan fingerprint density at radius 1 is 0.786 bits per heavy atom. The van der Waals surface area contributed by atoms with Gasteiger partial charge in [-0.3, -0.25) is 29.8 Å². The molecular formula is C16H14N2O10. The number of aromatic hydroxyl groups is 2. The molecule has 0 aromatic heterocycles. The summed E-state index contributed by atoms with van der Waals surface area (Å²) in [4.78, 5) is 40.3. The third kappa shape index (κ3) is 4.91. The number of aldehydes is 2. The van der Waals surface area contributed by atoms with E-state index in [4.69, 9.17) is 19.7 Å². The fourth-order valence-electron chi connectivity index (χ4n) is 1.96. The maximum Gasteiger partial charge on any atom is 0.311 e. The highest BCUT2D eigenvalue weighted by atomic mass is 16.6. The molecule has 0 radical (unpaired) electrons. The number of methoxy groups -OCH3 is 2. The Morgan fingerprint density at radius 2 is 1.29 bits per heavy atom. The van der Waals surface area contributed by atoms with Crippen molar-refractivity contribution in [1.82, 2.24) is 0 Å². The van der Waals surface area contributed by atoms with Gasteiger partial charge in [-0.05, 0) is 0 Å². The van der Waals surface area contributed by atoms with Crippen LogP contribution in [0.3, 0.4) is 0 Å². The normalized spacial score (nSPS) is 9.50. The van der Waals surface area contributed by atoms with Gasteiger partial charge < -0.3 is 19.7 Å². The molecule has 0 saturated carbocycles. The Labute approximate surface area is 156 Å². The fourth-order valence-corrected chi connectivity index (χ4v) is 1.96. The molecular weight excluding hydrogens is 380 g/mol. The highest BCUT2D eigenvalue weighted by molar-refractivity contribution is 5.82. The van der Waals surface area contributed by atoms with Gasteiger partial charge in [-0.15, -0.1) is 0 Å². The lowest BCUT2D eigenvalue weighted by molar-refractivity contribution is -0.386. The summed E-state index contributed by atoms with van der Waals surface area (Å²) < 4.78 is 9.69. The molecule has 0 bridgehead atoms. The third-order valence-corrected chi connectivity index (χ3v) is 3.30. The van der Waals surface area contributed by atoms with Gasteiger partial charge in [0.05, 0.1) is 35.2 Å². The highest BCUT2D eigenvalue weighted by Crippen LogP contribution is 2.33. The first-order valence-corrected chi connectivity index (χ1v) is 7.21. The minimum absolute atomic E-state index is 0.0578. The van der Waals surface area contributed by atoms with Crippen molar-refractivity contribution in [2.75, 3.05) is 14.2 Å². The molecule has 0 unspecified atom stereocenters. The van der Waals surface area contributed by atoms with Crippen LogP contribution < -0.4 is 9.47 Å². The summed E-state index contributed by atoms with van der Waals surface area (Å²) in [6, 6.07) is 3.98. The average molecular weight is 394 g/mol. The molecule has 0 aliphatic carbocycles. The van der Waals surface area contributed by atoms with Gasteiger partial charge in [-0.2, -0.15) is 0 Å². The number of benzene rings is 2. The van der Waals surface area contributed by atoms with E-state index in [2.05, 4.69) is 0 Å². The second-order valence-electron chi connectivity index (χ2n) is 4.92. The molecule has 0 aliphatic rings. The van der Waals surface area contributed by atoms with Crippen molar-refractivity contribution in [3.05, 3.63) is 55.6 Å². The predicted octanol–water partition coefficient (Wildman–Crippen LogP) is 2.24. The average Bonchev–Trinajstić information content (AvgIpc) is 2.66. The van der Waals surface area contributed by atoms with Gasteiger partial charge in [0.1, 0.15) is 11.5 Å². The van der Waals surface area contributed by atoms with E-state index in [9.17, 15) is 29.8 Å². The number of rotatable bonds is 6. The quantitative estimate of drug-likeness (QED) is 0.419. The van der Waals surface area contributed by atoms with Gasteiger partial charge >= 0.3 is 11.4 Å². The highest BCUT2D eigenvalue weighted by Gasteiger charge is 2.19. The molecule has 12 heteroatoms. The number of hydrogen-bond acceptors (Lipinski definition) is 10. The van der Waals surface area contributed by atoms with Crippen LogP contribution in [0.1, 0.15) is 20.7 Å². The van der Waals surface area contributed by atoms with Crippen molar-refractivity contribution < 1.29 is 39.1 Å². The van der Waals surface area contributed by atoms with Gasteiger partial charge in [0.15, 0.2) is 18.3 Å². The van der Waals surface area contributed by atoms with Crippen LogP contribution in [0.2, 0.25) is 0 Å². The first-order chi connectivity index (χ1) is 13.2. The smallest absolute Gasteiger partial charge is 0.311 e. The molecule has 28 heavy (non-hydrogen) atoms. The van der Waals surface area contributed by atoms with Crippen molar-refractivity contribution in [2.24, 2.45) is 0 Å². The Balaban J connectivity index is 0.000000283. The maximum atomic E-state index is 10.6. The van der Waals surface area contributed by atoms with Crippen LogP contribution >= 0.6 is 0 Å². The van der Waals surface area contributed by atoms with Crippen molar-refractivity contribution in [1.29, 1.82) is 0 Å². The molecule has 2 aromatic carbocycles. The number of ether oxygens (including phenoxy) is 2. The van der Waals surface area contributed by atoms with E-state index in [0.29, 0.717) is 6.29 Å². The van der Waals surface area contributed by atoms with E-state index in [0.717, 1.165) is 18.2 Å². The standard InChI is InChI=1S/C9H9NO5.C7H5NO5/c1-14-8-4-9(15-2)7(10(12)13)3-6(8)5-11;9-3-4-1-5(8(12)13)7(11)2-6(4)10/h3-5H,1-2H3;1-3,10-11H. The molecule has 2 N–H and O–H groups in total. The van der Waals surface area contributed by atoms with Gasteiger partial charge in [0.25, 0.3) is 0 Å². The summed E-state index contributed by atoms with van der Waals surface area (Å²) in [5.74, 6) is -0.860. The lowest BCUT2D eigenvalue weighted by Crippen LogP contribution is -1.98. The zero-order chi connectivity index (χ0) is 21.4. The summed E-state index contributed by atoms with van der Waals surface area (Å²) in [5.41, 5.74) is -0.991. The van der Waals surface area contributed by atoms with Crippen molar-refractivity contribution >= 4 is 23.9 Å². The lowest BCUT2D eigenvalue weighted by atomic mass is 10.2. The number of carbonyl (C=O) groups is 2. The second kappa shape index (κ2) is 9.47. The van der Waals surface area contributed by atoms with Crippen LogP contribution in [-0.4, -0.2) is 46.9 Å². The van der Waals surface area contributed by atoms with Crippen LogP contribution in [0.15, 0.2) is 24.3 Å². The van der Waals surface area contributed by atoms with Crippen molar-refractivity contribution in [3.63, 3.8) is 0 Å². The Morgan fingerprint density at radius 3 is 1.71 bits per heavy atom. The molecule has 0 spiro atoms. The first kappa shape index (κ1) is 21.8. The van der Waals surface area contributed by atoms with Gasteiger partial charge in [0.2, 0.25) is 5.75 Å². The van der Waals surface area contributed by atoms with Crippen molar-refractivity contribution in [2.45, 2.75) is 0 Å². The molecule has 0 aliphatic heterocycles. The number of nitro benzene ring substituents is 2. The Bertz CT molecular complexity index is 926. The van der Waals surface area contributed by atoms with E-state index < -0.39 is 27.0 Å². The Hall–Kier alpha value is -4.22. The van der Waals surface area contributed by atoms with Crippen LogP contribution in [0, 0.1) is 20.2 Å². The number of carbonyl (C=O) groups excluding carboxylic acids is 2. The maximum absolute atomic E-state index is 10.6. The minimum Gasteiger partial charge on any atom is -0.507 e. The minimum atomic E-state index is -0.845.